The summed E-state index contributed by atoms with van der Waals surface area (Å²) in [5, 5.41) is 9.02. The number of hydrogen-bond acceptors (Lipinski definition) is 3. The number of nitrogens with one attached hydrogen (secondary N) is 2. The lowest BCUT2D eigenvalue weighted by atomic mass is 9.69. The third kappa shape index (κ3) is 1.96. The first-order chi connectivity index (χ1) is 16.5. The SMILES string of the molecule is CN[C@H]1C[C@H]2O[C@](C)(C3c4ccccc4-c4c5c(c6c7ccccc7n2c6c43)C(=O)NC5)[C@H]1C. The Morgan fingerprint density at radius 2 is 1.91 bits per heavy atom. The molecule has 5 heteroatoms. The number of fused-ring (bicyclic) bond motifs is 13. The first-order valence-corrected chi connectivity index (χ1v) is 12.4. The van der Waals surface area contributed by atoms with E-state index >= 15 is 0 Å². The summed E-state index contributed by atoms with van der Waals surface area (Å²) in [6.45, 7) is 5.25. The maximum atomic E-state index is 13.3. The van der Waals surface area contributed by atoms with E-state index in [4.69, 9.17) is 4.74 Å². The van der Waals surface area contributed by atoms with Gasteiger partial charge in [-0.2, -0.15) is 0 Å². The van der Waals surface area contributed by atoms with Gasteiger partial charge in [-0.05, 0) is 47.9 Å². The van der Waals surface area contributed by atoms with E-state index in [1.807, 2.05) is 0 Å². The van der Waals surface area contributed by atoms with Gasteiger partial charge in [0, 0.05) is 41.6 Å². The van der Waals surface area contributed by atoms with Crippen LogP contribution < -0.4 is 10.6 Å². The van der Waals surface area contributed by atoms with Gasteiger partial charge >= 0.3 is 0 Å². The number of hydrogen-bond donors (Lipinski definition) is 2. The molecule has 0 radical (unpaired) electrons. The van der Waals surface area contributed by atoms with E-state index in [1.54, 1.807) is 0 Å². The van der Waals surface area contributed by atoms with Crippen molar-refractivity contribution in [1.29, 1.82) is 0 Å². The van der Waals surface area contributed by atoms with Crippen molar-refractivity contribution in [1.82, 2.24) is 15.2 Å². The first kappa shape index (κ1) is 19.2. The highest BCUT2D eigenvalue weighted by atomic mass is 16.5. The van der Waals surface area contributed by atoms with Gasteiger partial charge in [0.2, 0.25) is 0 Å². The Bertz CT molecular complexity index is 1580. The standard InChI is InChI=1S/C29H27N3O2/c1-14-19(30-3)12-21-32-20-11-7-6-10-17(20)23-24-18(13-31-28(24)33)22-15-8-4-5-9-16(15)26(25(22)27(23)32)29(14,2)34-21/h4-11,14,19,21,26,30H,12-13H2,1-3H3,(H,31,33)/t14-,19-,21+,26?,29-/m0/s1. The van der Waals surface area contributed by atoms with Crippen LogP contribution in [-0.2, 0) is 11.3 Å². The molecule has 5 atom stereocenters. The van der Waals surface area contributed by atoms with Gasteiger partial charge in [-0.15, -0.1) is 0 Å². The summed E-state index contributed by atoms with van der Waals surface area (Å²) in [6.07, 6.45) is 0.804. The van der Waals surface area contributed by atoms with Gasteiger partial charge in [-0.1, -0.05) is 49.4 Å². The molecule has 1 amide bonds. The topological polar surface area (TPSA) is 55.3 Å². The van der Waals surface area contributed by atoms with Crippen LogP contribution in [0.5, 0.6) is 0 Å². The Labute approximate surface area is 198 Å². The molecule has 4 heterocycles. The number of carbonyl (C=O) groups is 1. The third-order valence-electron chi connectivity index (χ3n) is 9.36. The highest BCUT2D eigenvalue weighted by Crippen LogP contribution is 2.62. The molecule has 8 rings (SSSR count). The van der Waals surface area contributed by atoms with Crippen LogP contribution in [-0.4, -0.2) is 29.2 Å². The lowest BCUT2D eigenvalue weighted by molar-refractivity contribution is -0.187. The number of aromatic nitrogens is 1. The average molecular weight is 450 g/mol. The Morgan fingerprint density at radius 1 is 1.12 bits per heavy atom. The highest BCUT2D eigenvalue weighted by molar-refractivity contribution is 6.23. The zero-order valence-corrected chi connectivity index (χ0v) is 19.6. The minimum absolute atomic E-state index is 0.0439. The van der Waals surface area contributed by atoms with Crippen LogP contribution >= 0.6 is 0 Å². The van der Waals surface area contributed by atoms with Crippen LogP contribution in [0.3, 0.4) is 0 Å². The molecule has 1 aliphatic carbocycles. The fourth-order valence-electron chi connectivity index (χ4n) is 7.76. The molecule has 34 heavy (non-hydrogen) atoms. The van der Waals surface area contributed by atoms with Crippen LogP contribution in [0.4, 0.5) is 0 Å². The van der Waals surface area contributed by atoms with Crippen LogP contribution in [0, 0.1) is 5.92 Å². The number of para-hydroxylation sites is 1. The van der Waals surface area contributed by atoms with Crippen LogP contribution in [0.1, 0.15) is 59.5 Å². The fourth-order valence-corrected chi connectivity index (χ4v) is 7.76. The summed E-state index contributed by atoms with van der Waals surface area (Å²) < 4.78 is 9.62. The van der Waals surface area contributed by atoms with Crippen LogP contribution in [0.15, 0.2) is 48.5 Å². The van der Waals surface area contributed by atoms with E-state index in [9.17, 15) is 4.79 Å². The van der Waals surface area contributed by atoms with Crippen molar-refractivity contribution in [3.63, 3.8) is 0 Å². The predicted octanol–water partition coefficient (Wildman–Crippen LogP) is 5.07. The molecule has 1 unspecified atom stereocenters. The first-order valence-electron chi connectivity index (χ1n) is 12.4. The van der Waals surface area contributed by atoms with Crippen molar-refractivity contribution in [3.8, 4) is 11.1 Å². The minimum atomic E-state index is -0.380. The van der Waals surface area contributed by atoms with Gasteiger partial charge < -0.3 is 19.9 Å². The van der Waals surface area contributed by atoms with Crippen LogP contribution in [0.2, 0.25) is 0 Å². The smallest absolute Gasteiger partial charge is 0.252 e. The van der Waals surface area contributed by atoms with E-state index in [2.05, 4.69) is 84.6 Å². The lowest BCUT2D eigenvalue weighted by Gasteiger charge is -2.50. The van der Waals surface area contributed by atoms with Crippen LogP contribution in [0.25, 0.3) is 32.9 Å². The molecule has 1 aromatic heterocycles. The molecule has 170 valence electrons. The monoisotopic (exact) mass is 449 g/mol. The van der Waals surface area contributed by atoms with Gasteiger partial charge in [-0.25, -0.2) is 0 Å². The van der Waals surface area contributed by atoms with E-state index in [0.717, 1.165) is 33.8 Å². The van der Waals surface area contributed by atoms with Gasteiger partial charge in [-0.3, -0.25) is 4.79 Å². The van der Waals surface area contributed by atoms with Gasteiger partial charge in [0.05, 0.1) is 22.2 Å². The zero-order valence-electron chi connectivity index (χ0n) is 19.6. The largest absolute Gasteiger partial charge is 0.350 e. The molecule has 3 aliphatic heterocycles. The summed E-state index contributed by atoms with van der Waals surface area (Å²) in [6, 6.07) is 17.7. The van der Waals surface area contributed by atoms with E-state index in [-0.39, 0.29) is 23.7 Å². The van der Waals surface area contributed by atoms with Gasteiger partial charge in [0.25, 0.3) is 5.91 Å². The lowest BCUT2D eigenvalue weighted by Crippen LogP contribution is -2.55. The van der Waals surface area contributed by atoms with E-state index in [0.29, 0.717) is 18.5 Å². The van der Waals surface area contributed by atoms with E-state index in [1.165, 1.54) is 27.8 Å². The fraction of sp³-hybridized carbons (Fsp3) is 0.345. The summed E-state index contributed by atoms with van der Waals surface area (Å²) >= 11 is 0. The third-order valence-corrected chi connectivity index (χ3v) is 9.36. The van der Waals surface area contributed by atoms with Crippen molar-refractivity contribution in [2.75, 3.05) is 7.05 Å². The molecule has 0 spiro atoms. The Balaban J connectivity index is 1.65. The summed E-state index contributed by atoms with van der Waals surface area (Å²) in [7, 11) is 2.07. The second-order valence-corrected chi connectivity index (χ2v) is 10.6. The Hall–Kier alpha value is -3.15. The predicted molar refractivity (Wildman–Crippen MR) is 133 cm³/mol. The summed E-state index contributed by atoms with van der Waals surface area (Å²) in [4.78, 5) is 13.3. The van der Waals surface area contributed by atoms with Crippen molar-refractivity contribution in [2.24, 2.45) is 5.92 Å². The molecule has 1 saturated heterocycles. The maximum absolute atomic E-state index is 13.3. The Kier molecular flexibility index (Phi) is 3.44. The van der Waals surface area contributed by atoms with Crippen molar-refractivity contribution < 1.29 is 9.53 Å². The number of nitrogens with zero attached hydrogens (tertiary/aromatic N) is 1. The summed E-state index contributed by atoms with van der Waals surface area (Å²) in [5.74, 6) is 0.473. The van der Waals surface area contributed by atoms with Gasteiger partial charge in [0.15, 0.2) is 0 Å². The average Bonchev–Trinajstić information content (AvgIpc) is 3.48. The second kappa shape index (κ2) is 6.09. The highest BCUT2D eigenvalue weighted by Gasteiger charge is 2.56. The normalized spacial score (nSPS) is 30.4. The number of rotatable bonds is 1. The molecule has 5 nitrogen and oxygen atoms in total. The van der Waals surface area contributed by atoms with Crippen molar-refractivity contribution in [2.45, 2.75) is 50.6 Å². The zero-order chi connectivity index (χ0) is 22.9. The van der Waals surface area contributed by atoms with Crippen molar-refractivity contribution in [3.05, 3.63) is 70.8 Å². The molecule has 4 aromatic rings. The number of carbonyl (C=O) groups excluding carboxylic acids is 1. The van der Waals surface area contributed by atoms with E-state index < -0.39 is 0 Å². The molecule has 0 saturated carbocycles. The van der Waals surface area contributed by atoms with Gasteiger partial charge in [0.1, 0.15) is 6.23 Å². The summed E-state index contributed by atoms with van der Waals surface area (Å²) in [5.41, 5.74) is 9.20. The second-order valence-electron chi connectivity index (χ2n) is 10.6. The maximum Gasteiger partial charge on any atom is 0.252 e. The number of benzene rings is 3. The number of amides is 1. The minimum Gasteiger partial charge on any atom is -0.350 e. The molecule has 2 bridgehead atoms. The van der Waals surface area contributed by atoms with Crippen molar-refractivity contribution >= 4 is 27.7 Å². The molecule has 2 N–H and O–H groups in total. The molecule has 1 fully saturated rings. The molecular formula is C29H27N3O2. The molecule has 3 aromatic carbocycles. The Morgan fingerprint density at radius 3 is 2.76 bits per heavy atom. The molecular weight excluding hydrogens is 422 g/mol. The molecule has 4 aliphatic rings. The quantitative estimate of drug-likeness (QED) is 0.427. The number of ether oxygens (including phenoxy) is 1.